The number of aromatic amines is 1. The van der Waals surface area contributed by atoms with Gasteiger partial charge in [0.05, 0.1) is 5.52 Å². The molecule has 6 heteroatoms. The Kier molecular flexibility index (Phi) is 5.31. The van der Waals surface area contributed by atoms with Crippen LogP contribution in [0.4, 0.5) is 5.69 Å². The maximum atomic E-state index is 11.9. The summed E-state index contributed by atoms with van der Waals surface area (Å²) in [4.78, 5) is 14.7. The van der Waals surface area contributed by atoms with Crippen LogP contribution in [-0.4, -0.2) is 22.6 Å². The molecule has 0 fully saturated rings. The topological polar surface area (TPSA) is 87.0 Å². The van der Waals surface area contributed by atoms with Gasteiger partial charge in [-0.3, -0.25) is 4.79 Å². The van der Waals surface area contributed by atoms with E-state index in [0.29, 0.717) is 17.1 Å². The molecule has 0 aliphatic carbocycles. The SMILES string of the molecule is CC[C@H](C)c1ccc(OCC(=O)N=Nc2c(O)[nH]c3ccccc23)cc1. The van der Waals surface area contributed by atoms with Crippen molar-refractivity contribution < 1.29 is 14.6 Å². The van der Waals surface area contributed by atoms with E-state index in [1.54, 1.807) is 6.07 Å². The zero-order valence-electron chi connectivity index (χ0n) is 14.8. The van der Waals surface area contributed by atoms with E-state index < -0.39 is 5.91 Å². The van der Waals surface area contributed by atoms with Crippen molar-refractivity contribution in [2.45, 2.75) is 26.2 Å². The van der Waals surface area contributed by atoms with Gasteiger partial charge in [0.25, 0.3) is 0 Å². The van der Waals surface area contributed by atoms with E-state index in [4.69, 9.17) is 4.74 Å². The van der Waals surface area contributed by atoms with Gasteiger partial charge in [-0.05, 0) is 36.1 Å². The molecular weight excluding hydrogens is 330 g/mol. The number of aromatic hydroxyl groups is 1. The van der Waals surface area contributed by atoms with E-state index in [9.17, 15) is 9.90 Å². The maximum Gasteiger partial charge on any atom is 0.302 e. The fourth-order valence-electron chi connectivity index (χ4n) is 2.62. The highest BCUT2D eigenvalue weighted by atomic mass is 16.5. The van der Waals surface area contributed by atoms with E-state index in [-0.39, 0.29) is 18.2 Å². The lowest BCUT2D eigenvalue weighted by atomic mass is 9.99. The fraction of sp³-hybridized carbons (Fsp3) is 0.250. The predicted molar refractivity (Wildman–Crippen MR) is 100 cm³/mol. The molecular formula is C20H21N3O3. The molecule has 0 unspecified atom stereocenters. The monoisotopic (exact) mass is 351 g/mol. The third-order valence-corrected chi connectivity index (χ3v) is 4.34. The van der Waals surface area contributed by atoms with Gasteiger partial charge in [-0.25, -0.2) is 0 Å². The van der Waals surface area contributed by atoms with Crippen LogP contribution in [0.15, 0.2) is 58.8 Å². The standard InChI is InChI=1S/C20H21N3O3/c1-3-13(2)14-8-10-15(11-9-14)26-12-18(24)22-23-19-16-6-4-5-7-17(16)21-20(19)25/h4-11,13,21,25H,3,12H2,1-2H3/t13-/m0/s1. The van der Waals surface area contributed by atoms with Crippen molar-refractivity contribution in [1.82, 2.24) is 4.98 Å². The summed E-state index contributed by atoms with van der Waals surface area (Å²) >= 11 is 0. The number of amides is 1. The van der Waals surface area contributed by atoms with Crippen LogP contribution in [-0.2, 0) is 4.79 Å². The zero-order valence-corrected chi connectivity index (χ0v) is 14.8. The van der Waals surface area contributed by atoms with Gasteiger partial charge in [0.15, 0.2) is 12.3 Å². The number of azo groups is 1. The number of rotatable bonds is 6. The van der Waals surface area contributed by atoms with Gasteiger partial charge in [0, 0.05) is 5.39 Å². The third kappa shape index (κ3) is 3.91. The molecule has 0 radical (unpaired) electrons. The number of hydrogen-bond acceptors (Lipinski definition) is 4. The van der Waals surface area contributed by atoms with E-state index >= 15 is 0 Å². The number of carbonyl (C=O) groups excluding carboxylic acids is 1. The summed E-state index contributed by atoms with van der Waals surface area (Å²) in [5, 5.41) is 18.1. The van der Waals surface area contributed by atoms with Crippen LogP contribution in [0.1, 0.15) is 31.7 Å². The Hall–Kier alpha value is -3.15. The molecule has 2 N–H and O–H groups in total. The molecule has 0 spiro atoms. The first-order chi connectivity index (χ1) is 12.6. The average molecular weight is 351 g/mol. The van der Waals surface area contributed by atoms with Crippen molar-refractivity contribution >= 4 is 22.5 Å². The minimum Gasteiger partial charge on any atom is -0.493 e. The molecule has 0 bridgehead atoms. The van der Waals surface area contributed by atoms with Crippen molar-refractivity contribution in [2.24, 2.45) is 10.2 Å². The lowest BCUT2D eigenvalue weighted by Gasteiger charge is -2.09. The second kappa shape index (κ2) is 7.82. The summed E-state index contributed by atoms with van der Waals surface area (Å²) in [6.45, 7) is 4.10. The molecule has 26 heavy (non-hydrogen) atoms. The van der Waals surface area contributed by atoms with Crippen LogP contribution in [0.25, 0.3) is 10.9 Å². The number of benzene rings is 2. The predicted octanol–water partition coefficient (Wildman–Crippen LogP) is 5.08. The summed E-state index contributed by atoms with van der Waals surface area (Å²) < 4.78 is 5.45. The molecule has 2 aromatic carbocycles. The summed E-state index contributed by atoms with van der Waals surface area (Å²) in [6.07, 6.45) is 1.07. The Balaban J connectivity index is 1.62. The number of nitrogens with zero attached hydrogens (tertiary/aromatic N) is 2. The highest BCUT2D eigenvalue weighted by Gasteiger charge is 2.10. The molecule has 3 rings (SSSR count). The largest absolute Gasteiger partial charge is 0.493 e. The number of hydrogen-bond donors (Lipinski definition) is 2. The van der Waals surface area contributed by atoms with Crippen molar-refractivity contribution in [3.05, 3.63) is 54.1 Å². The Morgan fingerprint density at radius 2 is 1.92 bits per heavy atom. The third-order valence-electron chi connectivity index (χ3n) is 4.34. The maximum absolute atomic E-state index is 11.9. The molecule has 1 amide bonds. The molecule has 0 aliphatic heterocycles. The van der Waals surface area contributed by atoms with Gasteiger partial charge in [0.2, 0.25) is 5.88 Å². The molecule has 6 nitrogen and oxygen atoms in total. The number of para-hydroxylation sites is 1. The van der Waals surface area contributed by atoms with Crippen LogP contribution in [0.2, 0.25) is 0 Å². The molecule has 134 valence electrons. The first kappa shape index (κ1) is 17.7. The first-order valence-electron chi connectivity index (χ1n) is 8.55. The molecule has 1 atom stereocenters. The van der Waals surface area contributed by atoms with Gasteiger partial charge >= 0.3 is 5.91 Å². The smallest absolute Gasteiger partial charge is 0.302 e. The summed E-state index contributed by atoms with van der Waals surface area (Å²) in [5.74, 6) is 0.448. The van der Waals surface area contributed by atoms with Crippen molar-refractivity contribution in [3.8, 4) is 11.6 Å². The molecule has 0 saturated carbocycles. The van der Waals surface area contributed by atoms with Crippen LogP contribution >= 0.6 is 0 Å². The second-order valence-electron chi connectivity index (χ2n) is 6.13. The quantitative estimate of drug-likeness (QED) is 0.607. The summed E-state index contributed by atoms with van der Waals surface area (Å²) in [6, 6.07) is 14.9. The summed E-state index contributed by atoms with van der Waals surface area (Å²) in [5.41, 5.74) is 2.21. The number of fused-ring (bicyclic) bond motifs is 1. The minimum atomic E-state index is -0.527. The Morgan fingerprint density at radius 3 is 2.65 bits per heavy atom. The first-order valence-corrected chi connectivity index (χ1v) is 8.55. The zero-order chi connectivity index (χ0) is 18.5. The van der Waals surface area contributed by atoms with Gasteiger partial charge in [0.1, 0.15) is 5.75 Å². The van der Waals surface area contributed by atoms with Gasteiger partial charge in [-0.2, -0.15) is 0 Å². The fourth-order valence-corrected chi connectivity index (χ4v) is 2.62. The lowest BCUT2D eigenvalue weighted by molar-refractivity contribution is -0.120. The summed E-state index contributed by atoms with van der Waals surface area (Å²) in [7, 11) is 0. The van der Waals surface area contributed by atoms with Crippen LogP contribution < -0.4 is 4.74 Å². The van der Waals surface area contributed by atoms with Crippen LogP contribution in [0.5, 0.6) is 11.6 Å². The Morgan fingerprint density at radius 1 is 1.19 bits per heavy atom. The van der Waals surface area contributed by atoms with Crippen LogP contribution in [0.3, 0.4) is 0 Å². The van der Waals surface area contributed by atoms with Gasteiger partial charge < -0.3 is 14.8 Å². The van der Waals surface area contributed by atoms with Crippen molar-refractivity contribution in [1.29, 1.82) is 0 Å². The number of ether oxygens (including phenoxy) is 1. The van der Waals surface area contributed by atoms with Crippen molar-refractivity contribution in [2.75, 3.05) is 6.61 Å². The van der Waals surface area contributed by atoms with E-state index in [0.717, 1.165) is 11.9 Å². The normalized spacial score (nSPS) is 12.5. The van der Waals surface area contributed by atoms with Gasteiger partial charge in [-0.15, -0.1) is 10.2 Å². The van der Waals surface area contributed by atoms with E-state index in [1.165, 1.54) is 5.56 Å². The lowest BCUT2D eigenvalue weighted by Crippen LogP contribution is -2.07. The van der Waals surface area contributed by atoms with Crippen molar-refractivity contribution in [3.63, 3.8) is 0 Å². The highest BCUT2D eigenvalue weighted by molar-refractivity contribution is 5.94. The van der Waals surface area contributed by atoms with E-state index in [1.807, 2.05) is 42.5 Å². The number of aromatic nitrogens is 1. The second-order valence-corrected chi connectivity index (χ2v) is 6.13. The van der Waals surface area contributed by atoms with Gasteiger partial charge in [-0.1, -0.05) is 44.2 Å². The van der Waals surface area contributed by atoms with Crippen LogP contribution in [0, 0.1) is 0 Å². The molecule has 1 heterocycles. The number of nitrogens with one attached hydrogen (secondary N) is 1. The molecule has 0 saturated heterocycles. The highest BCUT2D eigenvalue weighted by Crippen LogP contribution is 2.35. The molecule has 1 aromatic heterocycles. The molecule has 0 aliphatic rings. The number of H-pyrrole nitrogens is 1. The molecule has 3 aromatic rings. The van der Waals surface area contributed by atoms with E-state index in [2.05, 4.69) is 29.1 Å². The Bertz CT molecular complexity index is 929. The average Bonchev–Trinajstić information content (AvgIpc) is 2.99. The number of carbonyl (C=O) groups is 1. The Labute approximate surface area is 151 Å². The minimum absolute atomic E-state index is 0.121.